The first kappa shape index (κ1) is 18.4. The van der Waals surface area contributed by atoms with E-state index in [1.54, 1.807) is 0 Å². The number of benzene rings is 1. The number of sulfone groups is 1. The Labute approximate surface area is 150 Å². The molecule has 1 aromatic rings. The Morgan fingerprint density at radius 1 is 1.12 bits per heavy atom. The summed E-state index contributed by atoms with van der Waals surface area (Å²) in [4.78, 5) is 15.1. The van der Waals surface area contributed by atoms with Crippen molar-refractivity contribution in [2.75, 3.05) is 32.4 Å². The summed E-state index contributed by atoms with van der Waals surface area (Å²) in [5.74, 6) is 0.270. The zero-order valence-corrected chi connectivity index (χ0v) is 15.7. The Kier molecular flexibility index (Phi) is 5.49. The molecule has 2 saturated heterocycles. The largest absolute Gasteiger partial charge is 0.341 e. The second-order valence-corrected chi connectivity index (χ2v) is 9.67. The number of hydrogen-bond donors (Lipinski definition) is 1. The Morgan fingerprint density at radius 2 is 1.80 bits per heavy atom. The molecule has 2 aliphatic rings. The Morgan fingerprint density at radius 3 is 2.44 bits per heavy atom. The third kappa shape index (κ3) is 3.75. The van der Waals surface area contributed by atoms with Crippen molar-refractivity contribution in [3.8, 4) is 0 Å². The fraction of sp³-hybridized carbons (Fsp3) is 0.632. The van der Waals surface area contributed by atoms with Crippen LogP contribution >= 0.6 is 0 Å². The minimum atomic E-state index is -3.44. The normalized spacial score (nSPS) is 24.5. The molecular formula is C19H28N2O3S. The van der Waals surface area contributed by atoms with Crippen molar-refractivity contribution < 1.29 is 13.2 Å². The van der Waals surface area contributed by atoms with E-state index in [4.69, 9.17) is 0 Å². The van der Waals surface area contributed by atoms with Gasteiger partial charge < -0.3 is 10.2 Å². The van der Waals surface area contributed by atoms with Crippen LogP contribution in [0.4, 0.5) is 0 Å². The lowest BCUT2D eigenvalue weighted by atomic mass is 9.92. The molecule has 0 radical (unpaired) electrons. The first-order chi connectivity index (χ1) is 11.9. The number of carbonyl (C=O) groups excluding carboxylic acids is 1. The van der Waals surface area contributed by atoms with Crippen LogP contribution < -0.4 is 5.32 Å². The number of likely N-dealkylation sites (tertiary alicyclic amines) is 1. The van der Waals surface area contributed by atoms with Crippen molar-refractivity contribution >= 4 is 15.7 Å². The monoisotopic (exact) mass is 364 g/mol. The zero-order valence-electron chi connectivity index (χ0n) is 14.9. The quantitative estimate of drug-likeness (QED) is 0.890. The van der Waals surface area contributed by atoms with Gasteiger partial charge in [0.2, 0.25) is 5.91 Å². The summed E-state index contributed by atoms with van der Waals surface area (Å²) in [6.07, 6.45) is 4.84. The average Bonchev–Trinajstić information content (AvgIpc) is 2.87. The highest BCUT2D eigenvalue weighted by atomic mass is 32.2. The second kappa shape index (κ2) is 7.46. The Balaban J connectivity index is 1.76. The van der Waals surface area contributed by atoms with Gasteiger partial charge in [0.15, 0.2) is 14.6 Å². The SMILES string of the molecule is CS(=O)(=O)C1(C(=O)N2CCCC(c3ccccc3)CC2)CCNCC1. The Bertz CT molecular complexity index is 697. The molecule has 2 aliphatic heterocycles. The highest BCUT2D eigenvalue weighted by molar-refractivity contribution is 7.92. The van der Waals surface area contributed by atoms with Gasteiger partial charge in [-0.2, -0.15) is 0 Å². The van der Waals surface area contributed by atoms with Crippen LogP contribution in [0, 0.1) is 0 Å². The molecule has 1 unspecified atom stereocenters. The standard InChI is InChI=1S/C19H28N2O3S/c1-25(23,24)19(10-12-20-13-11-19)18(22)21-14-5-8-17(9-15-21)16-6-3-2-4-7-16/h2-4,6-7,17,20H,5,8-15H2,1H3. The summed E-state index contributed by atoms with van der Waals surface area (Å²) < 4.78 is 23.7. The molecule has 0 bridgehead atoms. The number of rotatable bonds is 3. The highest BCUT2D eigenvalue weighted by Crippen LogP contribution is 2.33. The van der Waals surface area contributed by atoms with Gasteiger partial charge in [-0.1, -0.05) is 30.3 Å². The van der Waals surface area contributed by atoms with Gasteiger partial charge in [-0.25, -0.2) is 8.42 Å². The van der Waals surface area contributed by atoms with Gasteiger partial charge in [0.1, 0.15) is 0 Å². The smallest absolute Gasteiger partial charge is 0.244 e. The summed E-state index contributed by atoms with van der Waals surface area (Å²) >= 11 is 0. The van der Waals surface area contributed by atoms with Crippen LogP contribution in [0.3, 0.4) is 0 Å². The van der Waals surface area contributed by atoms with Gasteiger partial charge >= 0.3 is 0 Å². The van der Waals surface area contributed by atoms with Crippen LogP contribution in [-0.2, 0) is 14.6 Å². The van der Waals surface area contributed by atoms with Crippen LogP contribution in [0.5, 0.6) is 0 Å². The minimum Gasteiger partial charge on any atom is -0.341 e. The van der Waals surface area contributed by atoms with Crippen molar-refractivity contribution in [2.45, 2.75) is 42.8 Å². The fourth-order valence-corrected chi connectivity index (χ4v) is 5.61. The molecule has 0 aliphatic carbocycles. The molecule has 5 nitrogen and oxygen atoms in total. The van der Waals surface area contributed by atoms with Gasteiger partial charge in [-0.05, 0) is 56.7 Å². The molecule has 3 rings (SSSR count). The molecule has 138 valence electrons. The van der Waals surface area contributed by atoms with E-state index < -0.39 is 14.6 Å². The number of nitrogens with one attached hydrogen (secondary N) is 1. The van der Waals surface area contributed by atoms with E-state index in [2.05, 4.69) is 29.6 Å². The first-order valence-electron chi connectivity index (χ1n) is 9.19. The number of hydrogen-bond acceptors (Lipinski definition) is 4. The summed E-state index contributed by atoms with van der Waals surface area (Å²) in [5.41, 5.74) is 1.32. The van der Waals surface area contributed by atoms with Gasteiger partial charge in [-0.15, -0.1) is 0 Å². The highest BCUT2D eigenvalue weighted by Gasteiger charge is 2.50. The topological polar surface area (TPSA) is 66.5 Å². The van der Waals surface area contributed by atoms with Crippen molar-refractivity contribution in [1.82, 2.24) is 10.2 Å². The van der Waals surface area contributed by atoms with Crippen LogP contribution in [0.2, 0.25) is 0 Å². The zero-order chi connectivity index (χ0) is 17.9. The van der Waals surface area contributed by atoms with E-state index in [1.807, 2.05) is 11.0 Å². The van der Waals surface area contributed by atoms with E-state index >= 15 is 0 Å². The van der Waals surface area contributed by atoms with Crippen LogP contribution in [-0.4, -0.2) is 56.4 Å². The molecule has 0 saturated carbocycles. The lowest BCUT2D eigenvalue weighted by Gasteiger charge is -2.38. The van der Waals surface area contributed by atoms with Gasteiger partial charge in [0, 0.05) is 19.3 Å². The number of piperidine rings is 1. The van der Waals surface area contributed by atoms with Crippen LogP contribution in [0.15, 0.2) is 30.3 Å². The molecule has 1 aromatic carbocycles. The molecule has 25 heavy (non-hydrogen) atoms. The number of amides is 1. The van der Waals surface area contributed by atoms with Gasteiger partial charge in [0.25, 0.3) is 0 Å². The second-order valence-electron chi connectivity index (χ2n) is 7.35. The van der Waals surface area contributed by atoms with E-state index in [1.165, 1.54) is 11.8 Å². The summed E-state index contributed by atoms with van der Waals surface area (Å²) in [6.45, 7) is 2.47. The Hall–Kier alpha value is -1.40. The lowest BCUT2D eigenvalue weighted by molar-refractivity contribution is -0.134. The number of nitrogens with zero attached hydrogens (tertiary/aromatic N) is 1. The van der Waals surface area contributed by atoms with Crippen LogP contribution in [0.1, 0.15) is 43.6 Å². The van der Waals surface area contributed by atoms with Gasteiger partial charge in [-0.3, -0.25) is 4.79 Å². The molecule has 2 heterocycles. The molecule has 1 N–H and O–H groups in total. The van der Waals surface area contributed by atoms with E-state index in [9.17, 15) is 13.2 Å². The first-order valence-corrected chi connectivity index (χ1v) is 11.1. The van der Waals surface area contributed by atoms with Gasteiger partial charge in [0.05, 0.1) is 0 Å². The molecule has 0 aromatic heterocycles. The number of carbonyl (C=O) groups is 1. The molecular weight excluding hydrogens is 336 g/mol. The summed E-state index contributed by atoms with van der Waals surface area (Å²) in [7, 11) is -3.44. The minimum absolute atomic E-state index is 0.176. The summed E-state index contributed by atoms with van der Waals surface area (Å²) in [5, 5.41) is 3.18. The molecule has 2 fully saturated rings. The summed E-state index contributed by atoms with van der Waals surface area (Å²) in [6, 6.07) is 10.4. The van der Waals surface area contributed by atoms with E-state index in [-0.39, 0.29) is 5.91 Å². The predicted octanol–water partition coefficient (Wildman–Crippen LogP) is 1.95. The average molecular weight is 365 g/mol. The molecule has 1 amide bonds. The van der Waals surface area contributed by atoms with Crippen molar-refractivity contribution in [3.05, 3.63) is 35.9 Å². The van der Waals surface area contributed by atoms with E-state index in [0.29, 0.717) is 44.9 Å². The lowest BCUT2D eigenvalue weighted by Crippen LogP contribution is -2.58. The molecule has 1 atom stereocenters. The van der Waals surface area contributed by atoms with E-state index in [0.717, 1.165) is 19.3 Å². The predicted molar refractivity (Wildman–Crippen MR) is 99.3 cm³/mol. The fourth-order valence-electron chi connectivity index (χ4n) is 4.22. The van der Waals surface area contributed by atoms with Crippen molar-refractivity contribution in [3.63, 3.8) is 0 Å². The maximum atomic E-state index is 13.2. The maximum Gasteiger partial charge on any atom is 0.244 e. The maximum absolute atomic E-state index is 13.2. The molecule has 0 spiro atoms. The third-order valence-corrected chi connectivity index (χ3v) is 7.80. The third-order valence-electron chi connectivity index (χ3n) is 5.80. The van der Waals surface area contributed by atoms with Crippen LogP contribution in [0.25, 0.3) is 0 Å². The van der Waals surface area contributed by atoms with Crippen molar-refractivity contribution in [1.29, 1.82) is 0 Å². The molecule has 6 heteroatoms. The van der Waals surface area contributed by atoms with Crippen molar-refractivity contribution in [2.24, 2.45) is 0 Å².